The molecule has 7 nitrogen and oxygen atoms in total. The maximum Gasteiger partial charge on any atom is 0.252 e. The van der Waals surface area contributed by atoms with Gasteiger partial charge in [0.1, 0.15) is 11.6 Å². The molecule has 1 N–H and O–H groups in total. The lowest BCUT2D eigenvalue weighted by atomic mass is 10.1. The first kappa shape index (κ1) is 23.2. The topological polar surface area (TPSA) is 74.6 Å². The Labute approximate surface area is 199 Å². The quantitative estimate of drug-likeness (QED) is 0.382. The molecule has 0 aliphatic carbocycles. The third-order valence-electron chi connectivity index (χ3n) is 5.85. The lowest BCUT2D eigenvalue weighted by Gasteiger charge is -2.19. The van der Waals surface area contributed by atoms with E-state index in [1.165, 1.54) is 0 Å². The van der Waals surface area contributed by atoms with Crippen molar-refractivity contribution in [1.29, 1.82) is 0 Å². The second-order valence-electron chi connectivity index (χ2n) is 7.90. The number of carbonyl (C=O) groups is 1. The van der Waals surface area contributed by atoms with Crippen molar-refractivity contribution in [3.63, 3.8) is 0 Å². The van der Waals surface area contributed by atoms with E-state index < -0.39 is 0 Å². The molecule has 0 fully saturated rings. The van der Waals surface area contributed by atoms with Crippen molar-refractivity contribution < 1.29 is 19.0 Å². The SMILES string of the molecule is CCC(NC(=O)c1ccc(OC)c(OC)c1)c1nc2ccccc2n1Cc1ccc(OC)cc1. The third kappa shape index (κ3) is 4.69. The number of hydrogen-bond donors (Lipinski definition) is 1. The molecule has 0 aliphatic rings. The van der Waals surface area contributed by atoms with Crippen LogP contribution in [-0.2, 0) is 6.54 Å². The fourth-order valence-electron chi connectivity index (χ4n) is 4.01. The first-order chi connectivity index (χ1) is 16.6. The molecule has 1 heterocycles. The van der Waals surface area contributed by atoms with E-state index in [2.05, 4.69) is 16.0 Å². The summed E-state index contributed by atoms with van der Waals surface area (Å²) in [4.78, 5) is 18.1. The van der Waals surface area contributed by atoms with Crippen LogP contribution in [0.3, 0.4) is 0 Å². The van der Waals surface area contributed by atoms with Gasteiger partial charge in [-0.1, -0.05) is 31.2 Å². The summed E-state index contributed by atoms with van der Waals surface area (Å²) < 4.78 is 18.1. The number of para-hydroxylation sites is 2. The fraction of sp³-hybridized carbons (Fsp3) is 0.259. The molecule has 0 radical (unpaired) electrons. The van der Waals surface area contributed by atoms with Gasteiger partial charge in [-0.3, -0.25) is 4.79 Å². The lowest BCUT2D eigenvalue weighted by Crippen LogP contribution is -2.30. The van der Waals surface area contributed by atoms with Crippen LogP contribution in [0.2, 0.25) is 0 Å². The van der Waals surface area contributed by atoms with E-state index in [1.807, 2.05) is 49.4 Å². The van der Waals surface area contributed by atoms with Crippen LogP contribution >= 0.6 is 0 Å². The van der Waals surface area contributed by atoms with Crippen molar-refractivity contribution in [3.8, 4) is 17.2 Å². The van der Waals surface area contributed by atoms with Gasteiger partial charge in [0.25, 0.3) is 5.91 Å². The monoisotopic (exact) mass is 459 g/mol. The van der Waals surface area contributed by atoms with E-state index >= 15 is 0 Å². The normalized spacial score (nSPS) is 11.8. The minimum Gasteiger partial charge on any atom is -0.497 e. The van der Waals surface area contributed by atoms with Crippen LogP contribution in [0.15, 0.2) is 66.7 Å². The van der Waals surface area contributed by atoms with Gasteiger partial charge in [0.15, 0.2) is 11.5 Å². The number of nitrogens with zero attached hydrogens (tertiary/aromatic N) is 2. The molecule has 1 aromatic heterocycles. The van der Waals surface area contributed by atoms with Crippen LogP contribution < -0.4 is 19.5 Å². The molecule has 1 atom stereocenters. The van der Waals surface area contributed by atoms with E-state index in [0.29, 0.717) is 30.0 Å². The molecule has 0 saturated heterocycles. The van der Waals surface area contributed by atoms with Crippen molar-refractivity contribution in [2.45, 2.75) is 25.9 Å². The second kappa shape index (κ2) is 10.3. The second-order valence-corrected chi connectivity index (χ2v) is 7.90. The molecule has 4 aromatic rings. The Morgan fingerprint density at radius 3 is 2.35 bits per heavy atom. The summed E-state index contributed by atoms with van der Waals surface area (Å²) in [6, 6.07) is 20.9. The Morgan fingerprint density at radius 1 is 0.941 bits per heavy atom. The van der Waals surface area contributed by atoms with Gasteiger partial charge >= 0.3 is 0 Å². The van der Waals surface area contributed by atoms with Crippen molar-refractivity contribution in [2.75, 3.05) is 21.3 Å². The number of methoxy groups -OCH3 is 3. The van der Waals surface area contributed by atoms with Gasteiger partial charge in [-0.25, -0.2) is 4.98 Å². The number of hydrogen-bond acceptors (Lipinski definition) is 5. The average molecular weight is 460 g/mol. The number of rotatable bonds is 9. The molecule has 0 saturated carbocycles. The Bertz CT molecular complexity index is 1280. The Hall–Kier alpha value is -4.00. The summed E-state index contributed by atoms with van der Waals surface area (Å²) in [6.45, 7) is 2.67. The molecule has 1 unspecified atom stereocenters. The largest absolute Gasteiger partial charge is 0.497 e. The predicted octanol–water partition coefficient (Wildman–Crippen LogP) is 4.99. The fourth-order valence-corrected chi connectivity index (χ4v) is 4.01. The van der Waals surface area contributed by atoms with Gasteiger partial charge < -0.3 is 24.1 Å². The Kier molecular flexibility index (Phi) is 7.01. The molecule has 0 spiro atoms. The molecule has 0 aliphatic heterocycles. The van der Waals surface area contributed by atoms with E-state index in [4.69, 9.17) is 19.2 Å². The minimum atomic E-state index is -0.272. The van der Waals surface area contributed by atoms with Gasteiger partial charge in [0.2, 0.25) is 0 Å². The van der Waals surface area contributed by atoms with E-state index in [9.17, 15) is 4.79 Å². The average Bonchev–Trinajstić information content (AvgIpc) is 3.25. The number of amides is 1. The van der Waals surface area contributed by atoms with Crippen LogP contribution in [0, 0.1) is 0 Å². The zero-order valence-corrected chi connectivity index (χ0v) is 19.9. The Balaban J connectivity index is 1.66. The van der Waals surface area contributed by atoms with Crippen molar-refractivity contribution >= 4 is 16.9 Å². The number of nitrogens with one attached hydrogen (secondary N) is 1. The van der Waals surface area contributed by atoms with E-state index in [-0.39, 0.29) is 11.9 Å². The van der Waals surface area contributed by atoms with Crippen molar-refractivity contribution in [2.24, 2.45) is 0 Å². The summed E-state index contributed by atoms with van der Waals surface area (Å²) >= 11 is 0. The van der Waals surface area contributed by atoms with Crippen molar-refractivity contribution in [3.05, 3.63) is 83.7 Å². The highest BCUT2D eigenvalue weighted by Crippen LogP contribution is 2.29. The third-order valence-corrected chi connectivity index (χ3v) is 5.85. The van der Waals surface area contributed by atoms with Gasteiger partial charge in [0, 0.05) is 12.1 Å². The molecule has 176 valence electrons. The van der Waals surface area contributed by atoms with Crippen LogP contribution in [0.5, 0.6) is 17.2 Å². The zero-order valence-electron chi connectivity index (χ0n) is 19.9. The summed E-state index contributed by atoms with van der Waals surface area (Å²) in [5, 5.41) is 3.15. The first-order valence-corrected chi connectivity index (χ1v) is 11.2. The number of imidazole rings is 1. The molecular weight excluding hydrogens is 430 g/mol. The maximum absolute atomic E-state index is 13.2. The predicted molar refractivity (Wildman–Crippen MR) is 132 cm³/mol. The first-order valence-electron chi connectivity index (χ1n) is 11.2. The highest BCUT2D eigenvalue weighted by molar-refractivity contribution is 5.95. The lowest BCUT2D eigenvalue weighted by molar-refractivity contribution is 0.0932. The van der Waals surface area contributed by atoms with Gasteiger partial charge in [-0.15, -0.1) is 0 Å². The smallest absolute Gasteiger partial charge is 0.252 e. The molecule has 4 rings (SSSR count). The number of aromatic nitrogens is 2. The molecule has 1 amide bonds. The van der Waals surface area contributed by atoms with E-state index in [1.54, 1.807) is 39.5 Å². The zero-order chi connectivity index (χ0) is 24.1. The highest BCUT2D eigenvalue weighted by atomic mass is 16.5. The van der Waals surface area contributed by atoms with Crippen LogP contribution in [0.1, 0.15) is 41.1 Å². The molecular formula is C27H29N3O4. The van der Waals surface area contributed by atoms with Crippen LogP contribution in [0.4, 0.5) is 0 Å². The maximum atomic E-state index is 13.2. The van der Waals surface area contributed by atoms with E-state index in [0.717, 1.165) is 28.2 Å². The molecule has 34 heavy (non-hydrogen) atoms. The number of ether oxygens (including phenoxy) is 3. The van der Waals surface area contributed by atoms with Crippen LogP contribution in [0.25, 0.3) is 11.0 Å². The summed E-state index contributed by atoms with van der Waals surface area (Å²) in [5.74, 6) is 2.51. The molecule has 0 bridgehead atoms. The highest BCUT2D eigenvalue weighted by Gasteiger charge is 2.22. The number of benzene rings is 3. The standard InChI is InChI=1S/C27H29N3O4/c1-5-21(29-27(31)19-12-15-24(33-3)25(16-19)34-4)26-28-22-8-6-7-9-23(22)30(26)17-18-10-13-20(32-2)14-11-18/h6-16,21H,5,17H2,1-4H3,(H,29,31). The minimum absolute atomic E-state index is 0.198. The van der Waals surface area contributed by atoms with Crippen LogP contribution in [-0.4, -0.2) is 36.8 Å². The van der Waals surface area contributed by atoms with Gasteiger partial charge in [-0.05, 0) is 54.4 Å². The summed E-state index contributed by atoms with van der Waals surface area (Å²) in [7, 11) is 4.78. The number of fused-ring (bicyclic) bond motifs is 1. The van der Waals surface area contributed by atoms with Gasteiger partial charge in [-0.2, -0.15) is 0 Å². The molecule has 3 aromatic carbocycles. The molecule has 7 heteroatoms. The summed E-state index contributed by atoms with van der Waals surface area (Å²) in [6.07, 6.45) is 0.685. The summed E-state index contributed by atoms with van der Waals surface area (Å²) in [5.41, 5.74) is 3.53. The van der Waals surface area contributed by atoms with Gasteiger partial charge in [0.05, 0.1) is 38.4 Å². The van der Waals surface area contributed by atoms with Crippen molar-refractivity contribution in [1.82, 2.24) is 14.9 Å². The Morgan fingerprint density at radius 2 is 1.68 bits per heavy atom. The number of carbonyl (C=O) groups excluding carboxylic acids is 1.